The zero-order valence-corrected chi connectivity index (χ0v) is 13.2. The lowest BCUT2D eigenvalue weighted by Crippen LogP contribution is -1.96. The molecule has 0 saturated carbocycles. The van der Waals surface area contributed by atoms with Crippen LogP contribution in [-0.4, -0.2) is 13.7 Å². The molecule has 0 saturated heterocycles. The molecule has 114 valence electrons. The first kappa shape index (κ1) is 16.2. The molecule has 0 unspecified atom stereocenters. The fourth-order valence-corrected chi connectivity index (χ4v) is 2.09. The van der Waals surface area contributed by atoms with E-state index in [1.165, 1.54) is 0 Å². The lowest BCUT2D eigenvalue weighted by molar-refractivity contribution is 0.331. The first-order valence-corrected chi connectivity index (χ1v) is 7.11. The molecule has 3 nitrogen and oxygen atoms in total. The van der Waals surface area contributed by atoms with E-state index < -0.39 is 0 Å². The van der Waals surface area contributed by atoms with Gasteiger partial charge in [-0.15, -0.1) is 6.42 Å². The van der Waals surface area contributed by atoms with Gasteiger partial charge in [0.15, 0.2) is 11.5 Å². The van der Waals surface area contributed by atoms with Crippen LogP contribution in [0.4, 0.5) is 0 Å². The molecule has 0 aliphatic heterocycles. The maximum Gasteiger partial charge on any atom is 0.162 e. The number of hydrogen-bond donors (Lipinski definition) is 0. The van der Waals surface area contributed by atoms with Crippen LogP contribution in [0.3, 0.4) is 0 Å². The highest BCUT2D eigenvalue weighted by Crippen LogP contribution is 2.29. The highest BCUT2D eigenvalue weighted by atomic mass is 16.5. The van der Waals surface area contributed by atoms with Crippen LogP contribution in [0.2, 0.25) is 0 Å². The summed E-state index contributed by atoms with van der Waals surface area (Å²) in [5, 5.41) is 9.41. The second-order valence-electron chi connectivity index (χ2n) is 4.94. The van der Waals surface area contributed by atoms with Gasteiger partial charge in [-0.2, -0.15) is 5.26 Å². The highest BCUT2D eigenvalue weighted by Gasteiger charge is 2.06. The van der Waals surface area contributed by atoms with Gasteiger partial charge in [0.25, 0.3) is 0 Å². The molecule has 2 aromatic rings. The van der Waals surface area contributed by atoms with Crippen LogP contribution < -0.4 is 9.47 Å². The summed E-state index contributed by atoms with van der Waals surface area (Å²) >= 11 is 0. The highest BCUT2D eigenvalue weighted by molar-refractivity contribution is 5.89. The van der Waals surface area contributed by atoms with E-state index in [9.17, 15) is 5.26 Å². The predicted octanol–water partition coefficient (Wildman–Crippen LogP) is 4.08. The molecule has 0 heterocycles. The van der Waals surface area contributed by atoms with Crippen molar-refractivity contribution in [3.05, 3.63) is 59.2 Å². The van der Waals surface area contributed by atoms with Crippen molar-refractivity contribution in [3.8, 4) is 29.9 Å². The Bertz CT molecular complexity index is 790. The number of nitrogens with zero attached hydrogens (tertiary/aromatic N) is 1. The average Bonchev–Trinajstić information content (AvgIpc) is 2.59. The first-order chi connectivity index (χ1) is 11.2. The van der Waals surface area contributed by atoms with Crippen molar-refractivity contribution >= 4 is 11.6 Å². The molecule has 0 atom stereocenters. The Morgan fingerprint density at radius 1 is 1.17 bits per heavy atom. The van der Waals surface area contributed by atoms with Crippen molar-refractivity contribution in [2.45, 2.75) is 6.92 Å². The molecule has 0 radical (unpaired) electrons. The summed E-state index contributed by atoms with van der Waals surface area (Å²) in [4.78, 5) is 0. The molecule has 0 fully saturated rings. The first-order valence-electron chi connectivity index (χ1n) is 7.11. The molecule has 0 aromatic heterocycles. The number of aryl methyl sites for hydroxylation is 1. The molecular weight excluding hydrogens is 286 g/mol. The van der Waals surface area contributed by atoms with Gasteiger partial charge in [-0.25, -0.2) is 0 Å². The zero-order valence-electron chi connectivity index (χ0n) is 13.2. The van der Waals surface area contributed by atoms with Gasteiger partial charge in [-0.3, -0.25) is 0 Å². The van der Waals surface area contributed by atoms with E-state index in [-0.39, 0.29) is 6.61 Å². The van der Waals surface area contributed by atoms with Crippen molar-refractivity contribution in [2.75, 3.05) is 13.7 Å². The summed E-state index contributed by atoms with van der Waals surface area (Å²) in [6, 6.07) is 15.5. The van der Waals surface area contributed by atoms with Crippen molar-refractivity contribution in [1.29, 1.82) is 5.26 Å². The Hall–Kier alpha value is -3.17. The van der Waals surface area contributed by atoms with Gasteiger partial charge in [0.05, 0.1) is 18.8 Å². The number of terminal acetylenes is 1. The maximum atomic E-state index is 9.41. The Morgan fingerprint density at radius 2 is 1.91 bits per heavy atom. The number of hydrogen-bond acceptors (Lipinski definition) is 3. The summed E-state index contributed by atoms with van der Waals surface area (Å²) in [6.07, 6.45) is 7.01. The Labute approximate surface area is 136 Å². The smallest absolute Gasteiger partial charge is 0.162 e. The SMILES string of the molecule is C#CCOc1ccc(/C=C(/C#N)c2ccc(C)cc2)cc1OC. The molecule has 23 heavy (non-hydrogen) atoms. The summed E-state index contributed by atoms with van der Waals surface area (Å²) in [5.41, 5.74) is 3.48. The number of nitriles is 1. The molecule has 3 heteroatoms. The normalized spacial score (nSPS) is 10.5. The van der Waals surface area contributed by atoms with E-state index in [0.717, 1.165) is 16.7 Å². The summed E-state index contributed by atoms with van der Waals surface area (Å²) < 4.78 is 10.7. The van der Waals surface area contributed by atoms with Crippen LogP contribution in [0.5, 0.6) is 11.5 Å². The Balaban J connectivity index is 2.35. The van der Waals surface area contributed by atoms with Gasteiger partial charge in [-0.05, 0) is 36.3 Å². The monoisotopic (exact) mass is 303 g/mol. The minimum Gasteiger partial charge on any atom is -0.493 e. The van der Waals surface area contributed by atoms with Crippen molar-refractivity contribution in [2.24, 2.45) is 0 Å². The van der Waals surface area contributed by atoms with Crippen LogP contribution in [0, 0.1) is 30.6 Å². The van der Waals surface area contributed by atoms with E-state index in [0.29, 0.717) is 17.1 Å². The van der Waals surface area contributed by atoms with Gasteiger partial charge in [0, 0.05) is 0 Å². The molecule has 0 amide bonds. The summed E-state index contributed by atoms with van der Waals surface area (Å²) in [5.74, 6) is 3.58. The van der Waals surface area contributed by atoms with Crippen molar-refractivity contribution in [3.63, 3.8) is 0 Å². The largest absolute Gasteiger partial charge is 0.493 e. The van der Waals surface area contributed by atoms with Crippen LogP contribution in [-0.2, 0) is 0 Å². The molecule has 0 aliphatic carbocycles. The minimum atomic E-state index is 0.179. The number of allylic oxidation sites excluding steroid dienone is 1. The maximum absolute atomic E-state index is 9.41. The third-order valence-electron chi connectivity index (χ3n) is 3.29. The standard InChI is InChI=1S/C20H17NO2/c1-4-11-23-19-10-7-16(13-20(19)22-3)12-18(14-21)17-8-5-15(2)6-9-17/h1,5-10,12-13H,11H2,2-3H3/b18-12-. The second-order valence-corrected chi connectivity index (χ2v) is 4.94. The number of methoxy groups -OCH3 is 1. The summed E-state index contributed by atoms with van der Waals surface area (Å²) in [6.45, 7) is 2.19. The van der Waals surface area contributed by atoms with E-state index in [2.05, 4.69) is 12.0 Å². The molecule has 0 bridgehead atoms. The quantitative estimate of drug-likeness (QED) is 0.475. The van der Waals surface area contributed by atoms with Gasteiger partial charge >= 0.3 is 0 Å². The van der Waals surface area contributed by atoms with Crippen LogP contribution >= 0.6 is 0 Å². The number of ether oxygens (including phenoxy) is 2. The molecule has 0 spiro atoms. The third kappa shape index (κ3) is 4.15. The van der Waals surface area contributed by atoms with Crippen LogP contribution in [0.25, 0.3) is 11.6 Å². The Morgan fingerprint density at radius 3 is 2.52 bits per heavy atom. The Kier molecular flexibility index (Phi) is 5.45. The van der Waals surface area contributed by atoms with E-state index in [1.807, 2.05) is 49.4 Å². The topological polar surface area (TPSA) is 42.2 Å². The van der Waals surface area contributed by atoms with Crippen LogP contribution in [0.15, 0.2) is 42.5 Å². The fraction of sp³-hybridized carbons (Fsp3) is 0.150. The van der Waals surface area contributed by atoms with Gasteiger partial charge in [0.2, 0.25) is 0 Å². The lowest BCUT2D eigenvalue weighted by Gasteiger charge is -2.09. The van der Waals surface area contributed by atoms with E-state index >= 15 is 0 Å². The molecular formula is C20H17NO2. The fourth-order valence-electron chi connectivity index (χ4n) is 2.09. The predicted molar refractivity (Wildman–Crippen MR) is 92.0 cm³/mol. The minimum absolute atomic E-state index is 0.179. The van der Waals surface area contributed by atoms with Gasteiger partial charge < -0.3 is 9.47 Å². The third-order valence-corrected chi connectivity index (χ3v) is 3.29. The molecule has 0 aliphatic rings. The van der Waals surface area contributed by atoms with E-state index in [1.54, 1.807) is 13.2 Å². The second kappa shape index (κ2) is 7.73. The molecule has 2 rings (SSSR count). The van der Waals surface area contributed by atoms with Gasteiger partial charge in [0.1, 0.15) is 6.61 Å². The zero-order chi connectivity index (χ0) is 16.7. The summed E-state index contributed by atoms with van der Waals surface area (Å²) in [7, 11) is 1.57. The van der Waals surface area contributed by atoms with Crippen LogP contribution in [0.1, 0.15) is 16.7 Å². The lowest BCUT2D eigenvalue weighted by atomic mass is 10.0. The van der Waals surface area contributed by atoms with Gasteiger partial charge in [-0.1, -0.05) is 41.8 Å². The number of benzene rings is 2. The van der Waals surface area contributed by atoms with Crippen molar-refractivity contribution < 1.29 is 9.47 Å². The molecule has 2 aromatic carbocycles. The van der Waals surface area contributed by atoms with Crippen molar-refractivity contribution in [1.82, 2.24) is 0 Å². The molecule has 0 N–H and O–H groups in total. The average molecular weight is 303 g/mol. The number of rotatable bonds is 5. The van der Waals surface area contributed by atoms with E-state index in [4.69, 9.17) is 15.9 Å².